The molecule has 1 rings (SSSR count). The van der Waals surface area contributed by atoms with E-state index in [1.165, 1.54) is 6.07 Å². The third-order valence-electron chi connectivity index (χ3n) is 1.92. The summed E-state index contributed by atoms with van der Waals surface area (Å²) in [4.78, 5) is 11.7. The second-order valence-corrected chi connectivity index (χ2v) is 4.27. The lowest BCUT2D eigenvalue weighted by Crippen LogP contribution is -2.12. The van der Waals surface area contributed by atoms with E-state index in [9.17, 15) is 9.90 Å². The minimum absolute atomic E-state index is 0.0720. The molecule has 4 heteroatoms. The fourth-order valence-electron chi connectivity index (χ4n) is 1.31. The number of rotatable bonds is 4. The molecule has 0 aliphatic heterocycles. The summed E-state index contributed by atoms with van der Waals surface area (Å²) < 4.78 is 10.4. The summed E-state index contributed by atoms with van der Waals surface area (Å²) in [7, 11) is 0. The molecule has 0 atom stereocenters. The molecule has 94 valence electrons. The van der Waals surface area contributed by atoms with Crippen molar-refractivity contribution in [2.45, 2.75) is 39.9 Å². The van der Waals surface area contributed by atoms with Gasteiger partial charge in [-0.25, -0.2) is 4.79 Å². The highest BCUT2D eigenvalue weighted by Crippen LogP contribution is 2.31. The fourth-order valence-corrected chi connectivity index (χ4v) is 1.31. The van der Waals surface area contributed by atoms with E-state index in [0.29, 0.717) is 5.75 Å². The number of phenolic OH excluding ortho intramolecular Hbond substituents is 1. The van der Waals surface area contributed by atoms with Crippen LogP contribution in [0, 0.1) is 0 Å². The van der Waals surface area contributed by atoms with Gasteiger partial charge in [0.25, 0.3) is 0 Å². The Bertz CT molecular complexity index is 396. The van der Waals surface area contributed by atoms with Crippen molar-refractivity contribution in [3.63, 3.8) is 0 Å². The van der Waals surface area contributed by atoms with Crippen molar-refractivity contribution < 1.29 is 19.4 Å². The lowest BCUT2D eigenvalue weighted by atomic mass is 10.2. The smallest absolute Gasteiger partial charge is 0.342 e. The molecule has 0 aromatic heterocycles. The molecule has 0 unspecified atom stereocenters. The summed E-state index contributed by atoms with van der Waals surface area (Å²) in [5, 5.41) is 9.90. The number of phenols is 1. The summed E-state index contributed by atoms with van der Waals surface area (Å²) in [5.74, 6) is -0.434. The number of ether oxygens (including phenoxy) is 2. The molecule has 0 amide bonds. The number of hydrogen-bond donors (Lipinski definition) is 1. The lowest BCUT2D eigenvalue weighted by Gasteiger charge is -2.14. The van der Waals surface area contributed by atoms with Gasteiger partial charge in [-0.2, -0.15) is 0 Å². The van der Waals surface area contributed by atoms with Gasteiger partial charge in [-0.15, -0.1) is 0 Å². The molecule has 0 saturated carbocycles. The summed E-state index contributed by atoms with van der Waals surface area (Å²) in [5.41, 5.74) is 0.122. The first-order valence-electron chi connectivity index (χ1n) is 5.61. The Morgan fingerprint density at radius 3 is 2.35 bits per heavy atom. The number of benzene rings is 1. The van der Waals surface area contributed by atoms with Crippen molar-refractivity contribution in [3.05, 3.63) is 23.8 Å². The third kappa shape index (κ3) is 3.66. The molecule has 0 aliphatic rings. The zero-order valence-corrected chi connectivity index (χ0v) is 10.6. The van der Waals surface area contributed by atoms with E-state index in [2.05, 4.69) is 0 Å². The molecular formula is C13H18O4. The van der Waals surface area contributed by atoms with Crippen molar-refractivity contribution >= 4 is 5.97 Å². The standard InChI is InChI=1S/C13H18O4/c1-8(2)16-11-7-5-6-10(12(11)14)13(15)17-9(3)4/h5-9,14H,1-4H3. The van der Waals surface area contributed by atoms with Crippen LogP contribution in [-0.4, -0.2) is 23.3 Å². The van der Waals surface area contributed by atoms with Crippen LogP contribution in [0.3, 0.4) is 0 Å². The average Bonchev–Trinajstić information content (AvgIpc) is 2.19. The molecule has 1 N–H and O–H groups in total. The molecule has 17 heavy (non-hydrogen) atoms. The average molecular weight is 238 g/mol. The molecule has 0 saturated heterocycles. The zero-order valence-electron chi connectivity index (χ0n) is 10.6. The van der Waals surface area contributed by atoms with Gasteiger partial charge in [0.1, 0.15) is 5.56 Å². The van der Waals surface area contributed by atoms with Crippen molar-refractivity contribution in [3.8, 4) is 11.5 Å². The van der Waals surface area contributed by atoms with Crippen molar-refractivity contribution in [1.82, 2.24) is 0 Å². The second-order valence-electron chi connectivity index (χ2n) is 4.27. The first-order valence-corrected chi connectivity index (χ1v) is 5.61. The number of aromatic hydroxyl groups is 1. The molecule has 0 heterocycles. The largest absolute Gasteiger partial charge is 0.504 e. The highest BCUT2D eigenvalue weighted by atomic mass is 16.5. The van der Waals surface area contributed by atoms with E-state index in [-0.39, 0.29) is 23.5 Å². The SMILES string of the molecule is CC(C)OC(=O)c1cccc(OC(C)C)c1O. The maximum atomic E-state index is 11.7. The Balaban J connectivity index is 2.97. The summed E-state index contributed by atoms with van der Waals surface area (Å²) in [6.07, 6.45) is -0.297. The predicted molar refractivity (Wildman–Crippen MR) is 64.4 cm³/mol. The first kappa shape index (κ1) is 13.4. The Kier molecular flexibility index (Phi) is 4.37. The van der Waals surface area contributed by atoms with Gasteiger partial charge in [-0.3, -0.25) is 0 Å². The first-order chi connectivity index (χ1) is 7.91. The topological polar surface area (TPSA) is 55.8 Å². The highest BCUT2D eigenvalue weighted by molar-refractivity contribution is 5.93. The Morgan fingerprint density at radius 2 is 1.82 bits per heavy atom. The maximum absolute atomic E-state index is 11.7. The number of carbonyl (C=O) groups is 1. The Hall–Kier alpha value is -1.71. The van der Waals surface area contributed by atoms with Gasteiger partial charge in [0.05, 0.1) is 12.2 Å². The minimum atomic E-state index is -0.549. The Morgan fingerprint density at radius 1 is 1.18 bits per heavy atom. The zero-order chi connectivity index (χ0) is 13.0. The van der Waals surface area contributed by atoms with E-state index in [0.717, 1.165) is 0 Å². The van der Waals surface area contributed by atoms with Gasteiger partial charge < -0.3 is 14.6 Å². The highest BCUT2D eigenvalue weighted by Gasteiger charge is 2.17. The maximum Gasteiger partial charge on any atom is 0.342 e. The van der Waals surface area contributed by atoms with E-state index in [1.807, 2.05) is 13.8 Å². The van der Waals surface area contributed by atoms with Crippen LogP contribution in [0.15, 0.2) is 18.2 Å². The number of carbonyl (C=O) groups excluding carboxylic acids is 1. The van der Waals surface area contributed by atoms with Crippen LogP contribution in [-0.2, 0) is 4.74 Å². The van der Waals surface area contributed by atoms with Crippen molar-refractivity contribution in [1.29, 1.82) is 0 Å². The van der Waals surface area contributed by atoms with Crippen LogP contribution in [0.1, 0.15) is 38.1 Å². The van der Waals surface area contributed by atoms with Crippen LogP contribution in [0.2, 0.25) is 0 Å². The van der Waals surface area contributed by atoms with Crippen molar-refractivity contribution in [2.24, 2.45) is 0 Å². The number of esters is 1. The summed E-state index contributed by atoms with van der Waals surface area (Å²) in [6.45, 7) is 7.20. The van der Waals surface area contributed by atoms with Crippen molar-refractivity contribution in [2.75, 3.05) is 0 Å². The molecular weight excluding hydrogens is 220 g/mol. The van der Waals surface area contributed by atoms with Crippen LogP contribution in [0.25, 0.3) is 0 Å². The number of para-hydroxylation sites is 1. The van der Waals surface area contributed by atoms with E-state index >= 15 is 0 Å². The molecule has 4 nitrogen and oxygen atoms in total. The van der Waals surface area contributed by atoms with E-state index in [1.54, 1.807) is 26.0 Å². The molecule has 0 bridgehead atoms. The van der Waals surface area contributed by atoms with Crippen LogP contribution < -0.4 is 4.74 Å². The summed E-state index contributed by atoms with van der Waals surface area (Å²) in [6, 6.07) is 4.77. The van der Waals surface area contributed by atoms with Gasteiger partial charge in [0, 0.05) is 0 Å². The quantitative estimate of drug-likeness (QED) is 0.819. The molecule has 0 aliphatic carbocycles. The Labute approximate surface area is 101 Å². The van der Waals surface area contributed by atoms with Gasteiger partial charge in [-0.05, 0) is 39.8 Å². The minimum Gasteiger partial charge on any atom is -0.504 e. The third-order valence-corrected chi connectivity index (χ3v) is 1.92. The molecule has 0 fully saturated rings. The molecule has 0 spiro atoms. The second kappa shape index (κ2) is 5.57. The molecule has 0 radical (unpaired) electrons. The van der Waals surface area contributed by atoms with Gasteiger partial charge >= 0.3 is 5.97 Å². The molecule has 1 aromatic carbocycles. The molecule has 1 aromatic rings. The fraction of sp³-hybridized carbons (Fsp3) is 0.462. The van der Waals surface area contributed by atoms with Crippen LogP contribution >= 0.6 is 0 Å². The monoisotopic (exact) mass is 238 g/mol. The predicted octanol–water partition coefficient (Wildman–Crippen LogP) is 2.74. The summed E-state index contributed by atoms with van der Waals surface area (Å²) >= 11 is 0. The number of hydrogen-bond acceptors (Lipinski definition) is 4. The van der Waals surface area contributed by atoms with Gasteiger partial charge in [0.15, 0.2) is 11.5 Å². The lowest BCUT2D eigenvalue weighted by molar-refractivity contribution is 0.0373. The van der Waals surface area contributed by atoms with Gasteiger partial charge in [-0.1, -0.05) is 6.07 Å². The normalized spacial score (nSPS) is 10.7. The van der Waals surface area contributed by atoms with Crippen LogP contribution in [0.4, 0.5) is 0 Å². The van der Waals surface area contributed by atoms with E-state index < -0.39 is 5.97 Å². The van der Waals surface area contributed by atoms with E-state index in [4.69, 9.17) is 9.47 Å². The van der Waals surface area contributed by atoms with Crippen LogP contribution in [0.5, 0.6) is 11.5 Å². The van der Waals surface area contributed by atoms with Gasteiger partial charge in [0.2, 0.25) is 0 Å².